The van der Waals surface area contributed by atoms with Crippen LogP contribution >= 0.6 is 0 Å². The van der Waals surface area contributed by atoms with Gasteiger partial charge in [-0.2, -0.15) is 13.2 Å². The molecule has 0 aromatic rings. The summed E-state index contributed by atoms with van der Waals surface area (Å²) in [5.41, 5.74) is 5.67. The maximum atomic E-state index is 12.6. The molecule has 0 aromatic carbocycles. The van der Waals surface area contributed by atoms with Crippen molar-refractivity contribution in [3.63, 3.8) is 0 Å². The van der Waals surface area contributed by atoms with Crippen molar-refractivity contribution in [2.75, 3.05) is 19.6 Å². The van der Waals surface area contributed by atoms with Gasteiger partial charge in [-0.1, -0.05) is 26.2 Å². The molecule has 118 valence electrons. The maximum absolute atomic E-state index is 12.6. The zero-order chi connectivity index (χ0) is 15.2. The third-order valence-corrected chi connectivity index (χ3v) is 3.99. The van der Waals surface area contributed by atoms with Gasteiger partial charge in [0.25, 0.3) is 0 Å². The van der Waals surface area contributed by atoms with Crippen molar-refractivity contribution in [3.05, 3.63) is 0 Å². The van der Waals surface area contributed by atoms with Gasteiger partial charge in [-0.05, 0) is 31.7 Å². The number of nitrogens with two attached hydrogens (primary N) is 1. The number of nitrogens with zero attached hydrogens (tertiary/aromatic N) is 1. The quantitative estimate of drug-likeness (QED) is 0.818. The summed E-state index contributed by atoms with van der Waals surface area (Å²) in [4.78, 5) is 13.4. The van der Waals surface area contributed by atoms with Crippen LogP contribution in [-0.4, -0.2) is 36.6 Å². The van der Waals surface area contributed by atoms with E-state index in [2.05, 4.69) is 0 Å². The van der Waals surface area contributed by atoms with Crippen molar-refractivity contribution < 1.29 is 18.0 Å². The molecule has 1 aliphatic carbocycles. The molecule has 2 N–H and O–H groups in total. The topological polar surface area (TPSA) is 46.3 Å². The molecule has 0 spiro atoms. The molecule has 2 atom stereocenters. The summed E-state index contributed by atoms with van der Waals surface area (Å²) in [6.45, 7) is 1.33. The summed E-state index contributed by atoms with van der Waals surface area (Å²) in [6.07, 6.45) is 0.465. The van der Waals surface area contributed by atoms with Gasteiger partial charge in [0.2, 0.25) is 5.91 Å². The van der Waals surface area contributed by atoms with E-state index in [1.807, 2.05) is 6.92 Å². The lowest BCUT2D eigenvalue weighted by atomic mass is 9.78. The van der Waals surface area contributed by atoms with Gasteiger partial charge in [0, 0.05) is 12.5 Å². The Kier molecular flexibility index (Phi) is 6.79. The van der Waals surface area contributed by atoms with E-state index in [0.717, 1.165) is 30.6 Å². The normalized spacial score (nSPS) is 23.6. The molecule has 0 bridgehead atoms. The van der Waals surface area contributed by atoms with Gasteiger partial charge < -0.3 is 10.6 Å². The van der Waals surface area contributed by atoms with Gasteiger partial charge in [0.05, 0.1) is 0 Å². The predicted molar refractivity (Wildman–Crippen MR) is 72.0 cm³/mol. The summed E-state index contributed by atoms with van der Waals surface area (Å²) in [6, 6.07) is 0. The first-order chi connectivity index (χ1) is 9.39. The minimum Gasteiger partial charge on any atom is -0.333 e. The van der Waals surface area contributed by atoms with E-state index in [9.17, 15) is 18.0 Å². The Morgan fingerprint density at radius 3 is 2.50 bits per heavy atom. The summed E-state index contributed by atoms with van der Waals surface area (Å²) in [5.74, 6) is -0.646. The number of amides is 1. The summed E-state index contributed by atoms with van der Waals surface area (Å²) in [7, 11) is 0. The number of hydrogen-bond donors (Lipinski definition) is 1. The highest BCUT2D eigenvalue weighted by Gasteiger charge is 2.38. The van der Waals surface area contributed by atoms with Crippen LogP contribution in [0.2, 0.25) is 0 Å². The molecule has 0 heterocycles. The van der Waals surface area contributed by atoms with Gasteiger partial charge in [0.1, 0.15) is 6.54 Å². The van der Waals surface area contributed by atoms with E-state index < -0.39 is 12.7 Å². The first-order valence-corrected chi connectivity index (χ1v) is 7.44. The highest BCUT2D eigenvalue weighted by atomic mass is 19.4. The van der Waals surface area contributed by atoms with Gasteiger partial charge in [-0.3, -0.25) is 4.79 Å². The Bertz CT molecular complexity index is 307. The molecule has 1 amide bonds. The van der Waals surface area contributed by atoms with Crippen LogP contribution in [0.1, 0.15) is 45.4 Å². The maximum Gasteiger partial charge on any atom is 0.406 e. The van der Waals surface area contributed by atoms with Crippen LogP contribution in [0.15, 0.2) is 0 Å². The fraction of sp³-hybridized carbons (Fsp3) is 0.929. The summed E-state index contributed by atoms with van der Waals surface area (Å²) < 4.78 is 37.9. The average molecular weight is 294 g/mol. The Morgan fingerprint density at radius 1 is 1.30 bits per heavy atom. The molecule has 2 unspecified atom stereocenters. The molecule has 1 fully saturated rings. The molecule has 1 rings (SSSR count). The predicted octanol–water partition coefficient (Wildman–Crippen LogP) is 2.94. The van der Waals surface area contributed by atoms with Crippen LogP contribution in [0.3, 0.4) is 0 Å². The number of alkyl halides is 3. The van der Waals surface area contributed by atoms with Crippen LogP contribution in [0.5, 0.6) is 0 Å². The number of unbranched alkanes of at least 4 members (excludes halogenated alkanes) is 1. The Balaban J connectivity index is 2.74. The lowest BCUT2D eigenvalue weighted by Gasteiger charge is -2.34. The van der Waals surface area contributed by atoms with Crippen LogP contribution < -0.4 is 5.73 Å². The molecular weight excluding hydrogens is 269 g/mol. The monoisotopic (exact) mass is 294 g/mol. The van der Waals surface area contributed by atoms with Crippen molar-refractivity contribution in [3.8, 4) is 0 Å². The van der Waals surface area contributed by atoms with E-state index >= 15 is 0 Å². The molecule has 3 nitrogen and oxygen atoms in total. The highest BCUT2D eigenvalue weighted by Crippen LogP contribution is 2.31. The standard InChI is InChI=1S/C14H25F3N2O/c1-2-3-8-19(10-14(15,16)17)13(20)12-7-5-4-6-11(12)9-18/h11-12H,2-10,18H2,1H3. The van der Waals surface area contributed by atoms with Gasteiger partial charge >= 0.3 is 6.18 Å². The summed E-state index contributed by atoms with van der Waals surface area (Å²) >= 11 is 0. The summed E-state index contributed by atoms with van der Waals surface area (Å²) in [5, 5.41) is 0. The molecule has 20 heavy (non-hydrogen) atoms. The van der Waals surface area contributed by atoms with Crippen molar-refractivity contribution >= 4 is 5.91 Å². The smallest absolute Gasteiger partial charge is 0.333 e. The molecule has 0 radical (unpaired) electrons. The number of halogens is 3. The molecule has 0 saturated heterocycles. The van der Waals surface area contributed by atoms with Crippen molar-refractivity contribution in [1.29, 1.82) is 0 Å². The Morgan fingerprint density at radius 2 is 1.95 bits per heavy atom. The van der Waals surface area contributed by atoms with Crippen molar-refractivity contribution in [2.24, 2.45) is 17.6 Å². The minimum atomic E-state index is -4.34. The zero-order valence-corrected chi connectivity index (χ0v) is 12.1. The lowest BCUT2D eigenvalue weighted by Crippen LogP contribution is -2.46. The van der Waals surface area contributed by atoms with Crippen molar-refractivity contribution in [2.45, 2.75) is 51.6 Å². The van der Waals surface area contributed by atoms with Gasteiger partial charge in [0.15, 0.2) is 0 Å². The third-order valence-electron chi connectivity index (χ3n) is 3.99. The second kappa shape index (κ2) is 7.86. The fourth-order valence-electron chi connectivity index (χ4n) is 2.88. The lowest BCUT2D eigenvalue weighted by molar-refractivity contribution is -0.165. The van der Waals surface area contributed by atoms with E-state index in [1.165, 1.54) is 0 Å². The minimum absolute atomic E-state index is 0.0358. The third kappa shape index (κ3) is 5.31. The molecule has 1 saturated carbocycles. The van der Waals surface area contributed by atoms with Gasteiger partial charge in [-0.25, -0.2) is 0 Å². The van der Waals surface area contributed by atoms with E-state index in [0.29, 0.717) is 19.4 Å². The molecule has 1 aliphatic rings. The first kappa shape index (κ1) is 17.3. The number of rotatable bonds is 6. The second-order valence-corrected chi connectivity index (χ2v) is 5.62. The fourth-order valence-corrected chi connectivity index (χ4v) is 2.88. The largest absolute Gasteiger partial charge is 0.406 e. The molecule has 0 aliphatic heterocycles. The number of carbonyl (C=O) groups excluding carboxylic acids is 1. The first-order valence-electron chi connectivity index (χ1n) is 7.44. The van der Waals surface area contributed by atoms with E-state index in [4.69, 9.17) is 5.73 Å². The van der Waals surface area contributed by atoms with Crippen LogP contribution in [0, 0.1) is 11.8 Å². The SMILES string of the molecule is CCCCN(CC(F)(F)F)C(=O)C1CCCCC1CN. The molecule has 6 heteroatoms. The van der Waals surface area contributed by atoms with E-state index in [-0.39, 0.29) is 24.3 Å². The average Bonchev–Trinajstić information content (AvgIpc) is 2.41. The molecule has 0 aromatic heterocycles. The van der Waals surface area contributed by atoms with Gasteiger partial charge in [-0.15, -0.1) is 0 Å². The number of carbonyl (C=O) groups is 1. The van der Waals surface area contributed by atoms with E-state index in [1.54, 1.807) is 0 Å². The van der Waals surface area contributed by atoms with Crippen molar-refractivity contribution in [1.82, 2.24) is 4.90 Å². The van der Waals surface area contributed by atoms with Crippen LogP contribution in [-0.2, 0) is 4.79 Å². The van der Waals surface area contributed by atoms with Crippen LogP contribution in [0.25, 0.3) is 0 Å². The van der Waals surface area contributed by atoms with Crippen LogP contribution in [0.4, 0.5) is 13.2 Å². The zero-order valence-electron chi connectivity index (χ0n) is 12.1. The second-order valence-electron chi connectivity index (χ2n) is 5.62. The number of hydrogen-bond acceptors (Lipinski definition) is 2. The Labute approximate surface area is 118 Å². The Hall–Kier alpha value is -0.780. The highest BCUT2D eigenvalue weighted by molar-refractivity contribution is 5.79. The molecular formula is C14H25F3N2O.